The van der Waals surface area contributed by atoms with Crippen molar-refractivity contribution in [2.75, 3.05) is 6.61 Å². The maximum Gasteiger partial charge on any atom is 0.0981 e. The van der Waals surface area contributed by atoms with E-state index in [1.165, 1.54) is 17.6 Å². The average molecular weight is 302 g/mol. The second-order valence-corrected chi connectivity index (χ2v) is 6.77. The van der Waals surface area contributed by atoms with Crippen LogP contribution in [0.5, 0.6) is 0 Å². The largest absolute Gasteiger partial charge is 0.393 e. The summed E-state index contributed by atoms with van der Waals surface area (Å²) in [5.41, 5.74) is 4.95. The van der Waals surface area contributed by atoms with Crippen LogP contribution < -0.4 is 0 Å². The van der Waals surface area contributed by atoms with Crippen LogP contribution in [0.2, 0.25) is 0 Å². The van der Waals surface area contributed by atoms with Crippen molar-refractivity contribution in [3.05, 3.63) is 58.7 Å². The number of rotatable bonds is 5. The lowest BCUT2D eigenvalue weighted by molar-refractivity contribution is 0.122. The van der Waals surface area contributed by atoms with Gasteiger partial charge < -0.3 is 10.2 Å². The van der Waals surface area contributed by atoms with Gasteiger partial charge in [-0.05, 0) is 50.2 Å². The number of aliphatic hydroxyl groups is 2. The fourth-order valence-corrected chi connectivity index (χ4v) is 2.66. The van der Waals surface area contributed by atoms with Crippen molar-refractivity contribution in [1.29, 1.82) is 0 Å². The van der Waals surface area contributed by atoms with E-state index in [9.17, 15) is 5.11 Å². The van der Waals surface area contributed by atoms with Gasteiger partial charge in [-0.1, -0.05) is 61.4 Å². The monoisotopic (exact) mass is 302 g/mol. The molecule has 0 saturated carbocycles. The SMILES string of the molecule is CC1=CCCC(C)(C)\C1=C/C=C(C)/C=C/C=C(\C)[C@@H](O)CO. The van der Waals surface area contributed by atoms with Gasteiger partial charge in [0.2, 0.25) is 0 Å². The Kier molecular flexibility index (Phi) is 7.05. The van der Waals surface area contributed by atoms with Gasteiger partial charge in [0.15, 0.2) is 0 Å². The van der Waals surface area contributed by atoms with Crippen LogP contribution >= 0.6 is 0 Å². The molecule has 2 nitrogen and oxygen atoms in total. The quantitative estimate of drug-likeness (QED) is 0.735. The summed E-state index contributed by atoms with van der Waals surface area (Å²) in [5, 5.41) is 18.3. The highest BCUT2D eigenvalue weighted by molar-refractivity contribution is 5.40. The van der Waals surface area contributed by atoms with Crippen molar-refractivity contribution in [1.82, 2.24) is 0 Å². The Morgan fingerprint density at radius 2 is 2.00 bits per heavy atom. The lowest BCUT2D eigenvalue weighted by Crippen LogP contribution is -2.18. The minimum Gasteiger partial charge on any atom is -0.393 e. The first-order chi connectivity index (χ1) is 10.3. The molecular formula is C20H30O2. The molecule has 0 unspecified atom stereocenters. The number of hydrogen-bond acceptors (Lipinski definition) is 2. The summed E-state index contributed by atoms with van der Waals surface area (Å²) < 4.78 is 0. The lowest BCUT2D eigenvalue weighted by atomic mass is 9.73. The Labute approximate surface area is 135 Å². The van der Waals surface area contributed by atoms with Crippen molar-refractivity contribution in [2.24, 2.45) is 5.41 Å². The van der Waals surface area contributed by atoms with Gasteiger partial charge in [0.25, 0.3) is 0 Å². The van der Waals surface area contributed by atoms with Gasteiger partial charge in [-0.2, -0.15) is 0 Å². The first kappa shape index (κ1) is 18.7. The van der Waals surface area contributed by atoms with E-state index in [0.29, 0.717) is 0 Å². The minimum atomic E-state index is -0.771. The molecule has 2 heteroatoms. The van der Waals surface area contributed by atoms with Crippen molar-refractivity contribution in [3.63, 3.8) is 0 Å². The van der Waals surface area contributed by atoms with Crippen LogP contribution in [-0.4, -0.2) is 22.9 Å². The summed E-state index contributed by atoms with van der Waals surface area (Å²) in [6.45, 7) is 10.4. The molecule has 0 aliphatic heterocycles. The predicted molar refractivity (Wildman–Crippen MR) is 94.6 cm³/mol. The zero-order chi connectivity index (χ0) is 16.8. The first-order valence-electron chi connectivity index (χ1n) is 7.98. The highest BCUT2D eigenvalue weighted by atomic mass is 16.3. The van der Waals surface area contributed by atoms with Crippen LogP contribution in [-0.2, 0) is 0 Å². The maximum atomic E-state index is 9.47. The first-order valence-corrected chi connectivity index (χ1v) is 7.98. The fraction of sp³-hybridized carbons (Fsp3) is 0.500. The van der Waals surface area contributed by atoms with Crippen LogP contribution in [0.4, 0.5) is 0 Å². The van der Waals surface area contributed by atoms with E-state index in [-0.39, 0.29) is 12.0 Å². The van der Waals surface area contributed by atoms with Crippen molar-refractivity contribution < 1.29 is 10.2 Å². The Balaban J connectivity index is 2.83. The molecule has 0 spiro atoms. The third kappa shape index (κ3) is 5.43. The number of hydrogen-bond donors (Lipinski definition) is 2. The third-order valence-corrected chi connectivity index (χ3v) is 4.30. The lowest BCUT2D eigenvalue weighted by Gasteiger charge is -2.32. The number of allylic oxidation sites excluding steroid dienone is 9. The highest BCUT2D eigenvalue weighted by Crippen LogP contribution is 2.40. The van der Waals surface area contributed by atoms with Gasteiger partial charge in [-0.25, -0.2) is 0 Å². The van der Waals surface area contributed by atoms with E-state index in [1.807, 2.05) is 25.2 Å². The molecule has 1 aliphatic rings. The third-order valence-electron chi connectivity index (χ3n) is 4.30. The molecule has 1 atom stereocenters. The molecule has 0 bridgehead atoms. The van der Waals surface area contributed by atoms with Crippen molar-refractivity contribution in [2.45, 2.75) is 53.6 Å². The standard InChI is InChI=1S/C20H30O2/c1-15(8-6-9-17(3)19(22)14-21)11-12-18-16(2)10-7-13-20(18,4)5/h6,8-12,19,21-22H,7,13-14H2,1-5H3/b8-6+,15-11+,17-9+,18-12-/t19-/m0/s1. The topological polar surface area (TPSA) is 40.5 Å². The average Bonchev–Trinajstić information content (AvgIpc) is 2.45. The summed E-state index contributed by atoms with van der Waals surface area (Å²) >= 11 is 0. The van der Waals surface area contributed by atoms with Gasteiger partial charge >= 0.3 is 0 Å². The molecule has 0 radical (unpaired) electrons. The van der Waals surface area contributed by atoms with Crippen LogP contribution in [0, 0.1) is 5.41 Å². The molecule has 1 aliphatic carbocycles. The highest BCUT2D eigenvalue weighted by Gasteiger charge is 2.26. The molecule has 122 valence electrons. The van der Waals surface area contributed by atoms with Crippen molar-refractivity contribution >= 4 is 0 Å². The summed E-state index contributed by atoms with van der Waals surface area (Å²) in [7, 11) is 0. The zero-order valence-electron chi connectivity index (χ0n) is 14.6. The van der Waals surface area contributed by atoms with Crippen LogP contribution in [0.15, 0.2) is 58.7 Å². The minimum absolute atomic E-state index is 0.237. The summed E-state index contributed by atoms with van der Waals surface area (Å²) in [6, 6.07) is 0. The maximum absolute atomic E-state index is 9.47. The zero-order valence-corrected chi connectivity index (χ0v) is 14.6. The molecule has 0 fully saturated rings. The fourth-order valence-electron chi connectivity index (χ4n) is 2.66. The van der Waals surface area contributed by atoms with E-state index in [1.54, 1.807) is 0 Å². The van der Waals surface area contributed by atoms with E-state index in [0.717, 1.165) is 17.6 Å². The summed E-state index contributed by atoms with van der Waals surface area (Å²) in [6.07, 6.45) is 14.0. The normalized spacial score (nSPS) is 23.0. The Morgan fingerprint density at radius 3 is 2.59 bits per heavy atom. The smallest absolute Gasteiger partial charge is 0.0981 e. The van der Waals surface area contributed by atoms with Gasteiger partial charge in [-0.3, -0.25) is 0 Å². The Morgan fingerprint density at radius 1 is 1.32 bits per heavy atom. The second-order valence-electron chi connectivity index (χ2n) is 6.77. The van der Waals surface area contributed by atoms with E-state index in [2.05, 4.69) is 45.9 Å². The Bertz CT molecular complexity index is 528. The molecular weight excluding hydrogens is 272 g/mol. The molecule has 0 aromatic rings. The van der Waals surface area contributed by atoms with Gasteiger partial charge in [0.1, 0.15) is 0 Å². The summed E-state index contributed by atoms with van der Waals surface area (Å²) in [5.74, 6) is 0. The number of aliphatic hydroxyl groups excluding tert-OH is 2. The molecule has 0 aromatic heterocycles. The second kappa shape index (κ2) is 8.30. The van der Waals surface area contributed by atoms with Gasteiger partial charge in [0, 0.05) is 0 Å². The molecule has 0 heterocycles. The van der Waals surface area contributed by atoms with E-state index in [4.69, 9.17) is 5.11 Å². The van der Waals surface area contributed by atoms with Gasteiger partial charge in [0.05, 0.1) is 12.7 Å². The molecule has 22 heavy (non-hydrogen) atoms. The summed E-state index contributed by atoms with van der Waals surface area (Å²) in [4.78, 5) is 0. The molecule has 0 saturated heterocycles. The Hall–Kier alpha value is -1.38. The predicted octanol–water partition coefficient (Wildman–Crippen LogP) is 4.48. The van der Waals surface area contributed by atoms with Crippen molar-refractivity contribution in [3.8, 4) is 0 Å². The van der Waals surface area contributed by atoms with Crippen LogP contribution in [0.25, 0.3) is 0 Å². The molecule has 2 N–H and O–H groups in total. The molecule has 0 aromatic carbocycles. The van der Waals surface area contributed by atoms with Crippen LogP contribution in [0.3, 0.4) is 0 Å². The molecule has 1 rings (SSSR count). The van der Waals surface area contributed by atoms with E-state index < -0.39 is 6.10 Å². The van der Waals surface area contributed by atoms with Crippen LogP contribution in [0.1, 0.15) is 47.5 Å². The van der Waals surface area contributed by atoms with Gasteiger partial charge in [-0.15, -0.1) is 0 Å². The van der Waals surface area contributed by atoms with E-state index >= 15 is 0 Å². The molecule has 0 amide bonds.